The third-order valence-electron chi connectivity index (χ3n) is 4.76. The fourth-order valence-electron chi connectivity index (χ4n) is 3.26. The minimum Gasteiger partial charge on any atom is -0.495 e. The minimum absolute atomic E-state index is 0.0376. The molecule has 0 radical (unpaired) electrons. The zero-order valence-corrected chi connectivity index (χ0v) is 15.5. The molecule has 1 saturated heterocycles. The van der Waals surface area contributed by atoms with Crippen molar-refractivity contribution in [3.05, 3.63) is 54.1 Å². The molecule has 0 N–H and O–H groups in total. The number of ether oxygens (including phenoxy) is 2. The van der Waals surface area contributed by atoms with E-state index in [1.54, 1.807) is 7.11 Å². The van der Waals surface area contributed by atoms with Crippen LogP contribution in [-0.2, 0) is 11.2 Å². The summed E-state index contributed by atoms with van der Waals surface area (Å²) in [4.78, 5) is 16.6. The van der Waals surface area contributed by atoms with E-state index in [2.05, 4.69) is 17.9 Å². The molecule has 1 fully saturated rings. The zero-order chi connectivity index (χ0) is 18.4. The summed E-state index contributed by atoms with van der Waals surface area (Å²) in [5, 5.41) is 0. The van der Waals surface area contributed by atoms with Gasteiger partial charge in [0.15, 0.2) is 6.61 Å². The van der Waals surface area contributed by atoms with Crippen LogP contribution in [0.4, 0.5) is 5.69 Å². The Kier molecular flexibility index (Phi) is 6.00. The van der Waals surface area contributed by atoms with E-state index in [0.717, 1.165) is 42.3 Å². The van der Waals surface area contributed by atoms with Crippen molar-refractivity contribution in [2.75, 3.05) is 44.8 Å². The number of amides is 1. The average Bonchev–Trinajstić information content (AvgIpc) is 2.72. The fourth-order valence-corrected chi connectivity index (χ4v) is 3.26. The van der Waals surface area contributed by atoms with Gasteiger partial charge < -0.3 is 19.3 Å². The Bertz CT molecular complexity index is 740. The number of rotatable bonds is 6. The summed E-state index contributed by atoms with van der Waals surface area (Å²) in [5.74, 6) is 1.71. The van der Waals surface area contributed by atoms with Crippen LogP contribution in [0.5, 0.6) is 11.5 Å². The molecule has 1 amide bonds. The third-order valence-corrected chi connectivity index (χ3v) is 4.76. The SMILES string of the molecule is CCc1ccccc1OCC(=O)N1CCN(c2ccccc2OC)CC1. The van der Waals surface area contributed by atoms with Gasteiger partial charge in [-0.2, -0.15) is 0 Å². The summed E-state index contributed by atoms with van der Waals surface area (Å²) in [5.41, 5.74) is 2.21. The number of carbonyl (C=O) groups excluding carboxylic acids is 1. The number of piperazine rings is 1. The van der Waals surface area contributed by atoms with E-state index in [0.29, 0.717) is 13.1 Å². The van der Waals surface area contributed by atoms with E-state index >= 15 is 0 Å². The number of carbonyl (C=O) groups is 1. The highest BCUT2D eigenvalue weighted by Crippen LogP contribution is 2.28. The molecule has 1 aliphatic rings. The predicted molar refractivity (Wildman–Crippen MR) is 103 cm³/mol. The largest absolute Gasteiger partial charge is 0.495 e. The number of para-hydroxylation sites is 3. The quantitative estimate of drug-likeness (QED) is 0.800. The Morgan fingerprint density at radius 3 is 2.31 bits per heavy atom. The van der Waals surface area contributed by atoms with Gasteiger partial charge in [-0.3, -0.25) is 4.79 Å². The maximum atomic E-state index is 12.5. The number of benzene rings is 2. The van der Waals surface area contributed by atoms with Crippen molar-refractivity contribution in [1.82, 2.24) is 4.90 Å². The van der Waals surface area contributed by atoms with E-state index in [1.807, 2.05) is 47.4 Å². The van der Waals surface area contributed by atoms with Gasteiger partial charge in [-0.05, 0) is 30.2 Å². The Morgan fingerprint density at radius 2 is 1.62 bits per heavy atom. The fraction of sp³-hybridized carbons (Fsp3) is 0.381. The Morgan fingerprint density at radius 1 is 0.962 bits per heavy atom. The first kappa shape index (κ1) is 18.1. The van der Waals surface area contributed by atoms with Crippen molar-refractivity contribution in [2.24, 2.45) is 0 Å². The first-order valence-corrected chi connectivity index (χ1v) is 9.09. The molecule has 0 bridgehead atoms. The van der Waals surface area contributed by atoms with Crippen LogP contribution in [0.3, 0.4) is 0 Å². The highest BCUT2D eigenvalue weighted by atomic mass is 16.5. The van der Waals surface area contributed by atoms with Crippen molar-refractivity contribution < 1.29 is 14.3 Å². The molecule has 26 heavy (non-hydrogen) atoms. The number of nitrogens with zero attached hydrogens (tertiary/aromatic N) is 2. The second kappa shape index (κ2) is 8.61. The van der Waals surface area contributed by atoms with E-state index in [-0.39, 0.29) is 12.5 Å². The van der Waals surface area contributed by atoms with Crippen molar-refractivity contribution in [3.63, 3.8) is 0 Å². The minimum atomic E-state index is 0.0376. The maximum absolute atomic E-state index is 12.5. The van der Waals surface area contributed by atoms with Crippen molar-refractivity contribution >= 4 is 11.6 Å². The van der Waals surface area contributed by atoms with Crippen molar-refractivity contribution in [1.29, 1.82) is 0 Å². The van der Waals surface area contributed by atoms with Crippen LogP contribution in [0.2, 0.25) is 0 Å². The van der Waals surface area contributed by atoms with E-state index < -0.39 is 0 Å². The molecule has 2 aromatic rings. The summed E-state index contributed by atoms with van der Waals surface area (Å²) in [6.45, 7) is 5.13. The van der Waals surface area contributed by atoms with Crippen LogP contribution >= 0.6 is 0 Å². The van der Waals surface area contributed by atoms with Crippen LogP contribution in [0, 0.1) is 0 Å². The molecule has 0 saturated carbocycles. The molecule has 0 spiro atoms. The molecule has 138 valence electrons. The van der Waals surface area contributed by atoms with Gasteiger partial charge in [-0.25, -0.2) is 0 Å². The molecular weight excluding hydrogens is 328 g/mol. The Balaban J connectivity index is 1.54. The average molecular weight is 354 g/mol. The summed E-state index contributed by atoms with van der Waals surface area (Å²) in [6, 6.07) is 15.9. The number of hydrogen-bond acceptors (Lipinski definition) is 4. The van der Waals surface area contributed by atoms with Crippen molar-refractivity contribution in [3.8, 4) is 11.5 Å². The molecule has 5 heteroatoms. The van der Waals surface area contributed by atoms with Crippen LogP contribution < -0.4 is 14.4 Å². The molecular formula is C21H26N2O3. The molecule has 0 unspecified atom stereocenters. The van der Waals surface area contributed by atoms with Gasteiger partial charge >= 0.3 is 0 Å². The number of aryl methyl sites for hydroxylation is 1. The zero-order valence-electron chi connectivity index (χ0n) is 15.5. The lowest BCUT2D eigenvalue weighted by Crippen LogP contribution is -2.50. The highest BCUT2D eigenvalue weighted by Gasteiger charge is 2.23. The normalized spacial score (nSPS) is 14.2. The number of anilines is 1. The second-order valence-electron chi connectivity index (χ2n) is 6.29. The summed E-state index contributed by atoms with van der Waals surface area (Å²) in [6.07, 6.45) is 0.891. The number of hydrogen-bond donors (Lipinski definition) is 0. The summed E-state index contributed by atoms with van der Waals surface area (Å²) < 4.78 is 11.2. The molecule has 5 nitrogen and oxygen atoms in total. The number of methoxy groups -OCH3 is 1. The lowest BCUT2D eigenvalue weighted by molar-refractivity contribution is -0.133. The van der Waals surface area contributed by atoms with E-state index in [9.17, 15) is 4.79 Å². The van der Waals surface area contributed by atoms with Gasteiger partial charge in [0.2, 0.25) is 0 Å². The van der Waals surface area contributed by atoms with Crippen LogP contribution in [0.15, 0.2) is 48.5 Å². The monoisotopic (exact) mass is 354 g/mol. The first-order valence-electron chi connectivity index (χ1n) is 9.09. The second-order valence-corrected chi connectivity index (χ2v) is 6.29. The Hall–Kier alpha value is -2.69. The molecule has 2 aromatic carbocycles. The van der Waals surface area contributed by atoms with Crippen molar-refractivity contribution in [2.45, 2.75) is 13.3 Å². The summed E-state index contributed by atoms with van der Waals surface area (Å²) >= 11 is 0. The van der Waals surface area contributed by atoms with Crippen LogP contribution in [0.25, 0.3) is 0 Å². The van der Waals surface area contributed by atoms with Gasteiger partial charge in [0, 0.05) is 26.2 Å². The lowest BCUT2D eigenvalue weighted by Gasteiger charge is -2.36. The van der Waals surface area contributed by atoms with Gasteiger partial charge in [0.1, 0.15) is 11.5 Å². The maximum Gasteiger partial charge on any atom is 0.260 e. The van der Waals surface area contributed by atoms with Gasteiger partial charge in [-0.1, -0.05) is 37.3 Å². The Labute approximate surface area is 155 Å². The van der Waals surface area contributed by atoms with E-state index in [4.69, 9.17) is 9.47 Å². The van der Waals surface area contributed by atoms with Gasteiger partial charge in [-0.15, -0.1) is 0 Å². The predicted octanol–water partition coefficient (Wildman–Crippen LogP) is 2.99. The van der Waals surface area contributed by atoms with Gasteiger partial charge in [0.25, 0.3) is 5.91 Å². The molecule has 0 atom stereocenters. The molecule has 1 heterocycles. The smallest absolute Gasteiger partial charge is 0.260 e. The van der Waals surface area contributed by atoms with Crippen LogP contribution in [0.1, 0.15) is 12.5 Å². The third kappa shape index (κ3) is 4.10. The lowest BCUT2D eigenvalue weighted by atomic mass is 10.1. The molecule has 0 aliphatic carbocycles. The standard InChI is InChI=1S/C21H26N2O3/c1-3-17-8-4-6-10-19(17)26-16-21(24)23-14-12-22(13-15-23)18-9-5-7-11-20(18)25-2/h4-11H,3,12-16H2,1-2H3. The first-order chi connectivity index (χ1) is 12.7. The topological polar surface area (TPSA) is 42.0 Å². The molecule has 1 aliphatic heterocycles. The van der Waals surface area contributed by atoms with Gasteiger partial charge in [0.05, 0.1) is 12.8 Å². The summed E-state index contributed by atoms with van der Waals surface area (Å²) in [7, 11) is 1.68. The van der Waals surface area contributed by atoms with E-state index in [1.165, 1.54) is 0 Å². The molecule has 0 aromatic heterocycles. The molecule has 3 rings (SSSR count). The highest BCUT2D eigenvalue weighted by molar-refractivity contribution is 5.78. The van der Waals surface area contributed by atoms with Crippen LogP contribution in [-0.4, -0.2) is 50.7 Å².